The lowest BCUT2D eigenvalue weighted by molar-refractivity contribution is 0.695. The Hall–Kier alpha value is -1.71. The lowest BCUT2D eigenvalue weighted by Gasteiger charge is -2.19. The van der Waals surface area contributed by atoms with E-state index in [0.717, 1.165) is 9.99 Å². The van der Waals surface area contributed by atoms with Gasteiger partial charge >= 0.3 is 0 Å². The standard InChI is InChI=1S/C18H17BrN2/c1-12-8-9-14(11-16(12)19)17(20-2)15-7-3-5-13-6-4-10-21-18(13)15/h3-11,17,20H,1-2H3. The van der Waals surface area contributed by atoms with E-state index in [9.17, 15) is 0 Å². The molecule has 3 aromatic rings. The molecule has 0 fully saturated rings. The third-order valence-corrected chi connectivity index (χ3v) is 4.65. The predicted octanol–water partition coefficient (Wildman–Crippen LogP) is 4.61. The highest BCUT2D eigenvalue weighted by Gasteiger charge is 2.16. The first-order valence-electron chi connectivity index (χ1n) is 6.97. The molecule has 1 N–H and O–H groups in total. The van der Waals surface area contributed by atoms with Crippen molar-refractivity contribution in [3.63, 3.8) is 0 Å². The van der Waals surface area contributed by atoms with Gasteiger partial charge in [0.25, 0.3) is 0 Å². The van der Waals surface area contributed by atoms with Crippen LogP contribution in [0.15, 0.2) is 59.2 Å². The minimum absolute atomic E-state index is 0.125. The van der Waals surface area contributed by atoms with E-state index in [2.05, 4.69) is 75.6 Å². The van der Waals surface area contributed by atoms with Crippen molar-refractivity contribution in [1.82, 2.24) is 10.3 Å². The molecule has 1 unspecified atom stereocenters. The van der Waals surface area contributed by atoms with Gasteiger partial charge in [-0.25, -0.2) is 0 Å². The molecule has 21 heavy (non-hydrogen) atoms. The maximum Gasteiger partial charge on any atom is 0.0753 e. The molecule has 0 radical (unpaired) electrons. The molecule has 0 bridgehead atoms. The molecule has 0 spiro atoms. The van der Waals surface area contributed by atoms with Gasteiger partial charge in [0.2, 0.25) is 0 Å². The second-order valence-electron chi connectivity index (χ2n) is 5.15. The summed E-state index contributed by atoms with van der Waals surface area (Å²) in [6.07, 6.45) is 1.85. The van der Waals surface area contributed by atoms with Crippen LogP contribution >= 0.6 is 15.9 Å². The smallest absolute Gasteiger partial charge is 0.0753 e. The van der Waals surface area contributed by atoms with E-state index in [-0.39, 0.29) is 6.04 Å². The summed E-state index contributed by atoms with van der Waals surface area (Å²) in [6.45, 7) is 2.10. The number of rotatable bonds is 3. The van der Waals surface area contributed by atoms with Crippen molar-refractivity contribution in [3.8, 4) is 0 Å². The van der Waals surface area contributed by atoms with E-state index in [4.69, 9.17) is 0 Å². The quantitative estimate of drug-likeness (QED) is 0.752. The zero-order chi connectivity index (χ0) is 14.8. The molecule has 0 amide bonds. The number of benzene rings is 2. The number of fused-ring (bicyclic) bond motifs is 1. The highest BCUT2D eigenvalue weighted by atomic mass is 79.9. The third kappa shape index (κ3) is 2.71. The Kier molecular flexibility index (Phi) is 4.04. The molecule has 0 aliphatic carbocycles. The zero-order valence-corrected chi connectivity index (χ0v) is 13.7. The highest BCUT2D eigenvalue weighted by molar-refractivity contribution is 9.10. The Labute approximate surface area is 133 Å². The molecule has 1 heterocycles. The van der Waals surface area contributed by atoms with Gasteiger partial charge in [0.1, 0.15) is 0 Å². The van der Waals surface area contributed by atoms with Crippen LogP contribution in [0.2, 0.25) is 0 Å². The van der Waals surface area contributed by atoms with Crippen molar-refractivity contribution < 1.29 is 0 Å². The van der Waals surface area contributed by atoms with Crippen LogP contribution in [0.25, 0.3) is 10.9 Å². The lowest BCUT2D eigenvalue weighted by atomic mass is 9.96. The fourth-order valence-electron chi connectivity index (χ4n) is 2.65. The Morgan fingerprint density at radius 2 is 1.90 bits per heavy atom. The minimum atomic E-state index is 0.125. The van der Waals surface area contributed by atoms with E-state index in [1.165, 1.54) is 22.1 Å². The number of nitrogens with zero attached hydrogens (tertiary/aromatic N) is 1. The van der Waals surface area contributed by atoms with Crippen molar-refractivity contribution in [2.24, 2.45) is 0 Å². The van der Waals surface area contributed by atoms with Crippen molar-refractivity contribution in [2.45, 2.75) is 13.0 Å². The van der Waals surface area contributed by atoms with E-state index in [0.29, 0.717) is 0 Å². The van der Waals surface area contributed by atoms with Gasteiger partial charge in [-0.3, -0.25) is 4.98 Å². The highest BCUT2D eigenvalue weighted by Crippen LogP contribution is 2.29. The van der Waals surface area contributed by atoms with Gasteiger partial charge in [-0.2, -0.15) is 0 Å². The minimum Gasteiger partial charge on any atom is -0.309 e. The molecule has 1 atom stereocenters. The molecule has 3 rings (SSSR count). The SMILES string of the molecule is CNC(c1ccc(C)c(Br)c1)c1cccc2cccnc12. The number of hydrogen-bond donors (Lipinski definition) is 1. The maximum absolute atomic E-state index is 4.56. The molecular weight excluding hydrogens is 324 g/mol. The summed E-state index contributed by atoms with van der Waals surface area (Å²) in [5, 5.41) is 4.58. The molecule has 0 saturated carbocycles. The molecule has 0 saturated heterocycles. The maximum atomic E-state index is 4.56. The number of hydrogen-bond acceptors (Lipinski definition) is 2. The van der Waals surface area contributed by atoms with E-state index < -0.39 is 0 Å². The zero-order valence-electron chi connectivity index (χ0n) is 12.1. The summed E-state index contributed by atoms with van der Waals surface area (Å²) in [5.74, 6) is 0. The number of aryl methyl sites for hydroxylation is 1. The first kappa shape index (κ1) is 14.2. The van der Waals surface area contributed by atoms with Crippen molar-refractivity contribution in [2.75, 3.05) is 7.05 Å². The summed E-state index contributed by atoms with van der Waals surface area (Å²) >= 11 is 3.62. The van der Waals surface area contributed by atoms with Gasteiger partial charge in [-0.15, -0.1) is 0 Å². The Morgan fingerprint density at radius 1 is 1.10 bits per heavy atom. The second kappa shape index (κ2) is 5.96. The summed E-state index contributed by atoms with van der Waals surface area (Å²) in [7, 11) is 1.99. The molecule has 2 nitrogen and oxygen atoms in total. The van der Waals surface area contributed by atoms with Gasteiger partial charge in [0.15, 0.2) is 0 Å². The molecule has 2 aromatic carbocycles. The number of aromatic nitrogens is 1. The lowest BCUT2D eigenvalue weighted by Crippen LogP contribution is -2.18. The monoisotopic (exact) mass is 340 g/mol. The Morgan fingerprint density at radius 3 is 2.67 bits per heavy atom. The van der Waals surface area contributed by atoms with Gasteiger partial charge in [0, 0.05) is 16.1 Å². The van der Waals surface area contributed by atoms with Gasteiger partial charge in [0.05, 0.1) is 11.6 Å². The van der Waals surface area contributed by atoms with Crippen LogP contribution in [-0.2, 0) is 0 Å². The van der Waals surface area contributed by atoms with Crippen molar-refractivity contribution in [1.29, 1.82) is 0 Å². The first-order chi connectivity index (χ1) is 10.2. The van der Waals surface area contributed by atoms with Crippen molar-refractivity contribution >= 4 is 26.8 Å². The van der Waals surface area contributed by atoms with Crippen LogP contribution in [0.1, 0.15) is 22.7 Å². The molecule has 1 aromatic heterocycles. The number of halogens is 1. The average molecular weight is 341 g/mol. The number of pyridine rings is 1. The van der Waals surface area contributed by atoms with Crippen molar-refractivity contribution in [3.05, 3.63) is 75.9 Å². The van der Waals surface area contributed by atoms with Crippen LogP contribution in [-0.4, -0.2) is 12.0 Å². The summed E-state index contributed by atoms with van der Waals surface area (Å²) < 4.78 is 1.13. The normalized spacial score (nSPS) is 12.5. The second-order valence-corrected chi connectivity index (χ2v) is 6.01. The Bertz CT molecular complexity index is 778. The van der Waals surface area contributed by atoms with Crippen LogP contribution in [0.5, 0.6) is 0 Å². The van der Waals surface area contributed by atoms with Gasteiger partial charge < -0.3 is 5.32 Å². The largest absolute Gasteiger partial charge is 0.309 e. The van der Waals surface area contributed by atoms with Crippen LogP contribution in [0.4, 0.5) is 0 Å². The number of para-hydroxylation sites is 1. The fourth-order valence-corrected chi connectivity index (χ4v) is 3.05. The molecule has 3 heteroatoms. The molecular formula is C18H17BrN2. The molecule has 106 valence electrons. The van der Waals surface area contributed by atoms with E-state index in [1.807, 2.05) is 19.3 Å². The Balaban J connectivity index is 2.16. The average Bonchev–Trinajstić information content (AvgIpc) is 2.52. The summed E-state index contributed by atoms with van der Waals surface area (Å²) in [6, 6.07) is 17.0. The summed E-state index contributed by atoms with van der Waals surface area (Å²) in [5.41, 5.74) is 4.72. The molecule has 0 aliphatic heterocycles. The van der Waals surface area contributed by atoms with Crippen LogP contribution in [0, 0.1) is 6.92 Å². The molecule has 0 aliphatic rings. The summed E-state index contributed by atoms with van der Waals surface area (Å²) in [4.78, 5) is 4.56. The predicted molar refractivity (Wildman–Crippen MR) is 91.5 cm³/mol. The van der Waals surface area contributed by atoms with E-state index >= 15 is 0 Å². The number of nitrogens with one attached hydrogen (secondary N) is 1. The van der Waals surface area contributed by atoms with Crippen LogP contribution in [0.3, 0.4) is 0 Å². The van der Waals surface area contributed by atoms with E-state index in [1.54, 1.807) is 0 Å². The third-order valence-electron chi connectivity index (χ3n) is 3.79. The van der Waals surface area contributed by atoms with Gasteiger partial charge in [-0.1, -0.05) is 52.3 Å². The first-order valence-corrected chi connectivity index (χ1v) is 7.77. The van der Waals surface area contributed by atoms with Gasteiger partial charge in [-0.05, 0) is 42.8 Å². The topological polar surface area (TPSA) is 24.9 Å². The fraction of sp³-hybridized carbons (Fsp3) is 0.167. The van der Waals surface area contributed by atoms with Crippen LogP contribution < -0.4 is 5.32 Å².